The van der Waals surface area contributed by atoms with Gasteiger partial charge in [-0.2, -0.15) is 0 Å². The Bertz CT molecular complexity index is 551. The van der Waals surface area contributed by atoms with Crippen molar-refractivity contribution in [1.29, 1.82) is 0 Å². The lowest BCUT2D eigenvalue weighted by atomic mass is 10.1. The predicted molar refractivity (Wildman–Crippen MR) is 129 cm³/mol. The van der Waals surface area contributed by atoms with Crippen LogP contribution >= 0.6 is 0 Å². The van der Waals surface area contributed by atoms with E-state index < -0.39 is 47.3 Å². The van der Waals surface area contributed by atoms with Crippen LogP contribution in [0.3, 0.4) is 0 Å². The summed E-state index contributed by atoms with van der Waals surface area (Å²) in [6.07, 6.45) is -5.87. The second kappa shape index (κ2) is 10.8. The quantitative estimate of drug-likeness (QED) is 0.294. The van der Waals surface area contributed by atoms with Crippen LogP contribution in [0.2, 0.25) is 33.2 Å². The maximum absolute atomic E-state index is 15.1. The summed E-state index contributed by atoms with van der Waals surface area (Å²) in [7, 11) is -5.00. The van der Waals surface area contributed by atoms with Gasteiger partial charge in [0.1, 0.15) is 12.2 Å². The summed E-state index contributed by atoms with van der Waals surface area (Å²) in [4.78, 5) is 12.5. The summed E-state index contributed by atoms with van der Waals surface area (Å²) in [5, 5.41) is 11.2. The minimum Gasteiger partial charge on any atom is -0.432 e. The Kier molecular flexibility index (Phi) is 9.98. The van der Waals surface area contributed by atoms with Crippen molar-refractivity contribution in [2.45, 2.75) is 141 Å². The highest BCUT2D eigenvalue weighted by Gasteiger charge is 2.57. The average Bonchev–Trinajstić information content (AvgIpc) is 2.61. The Balaban J connectivity index is 3.39. The molecule has 1 rings (SSSR count). The van der Waals surface area contributed by atoms with Gasteiger partial charge in [-0.15, -0.1) is 0 Å². The van der Waals surface area contributed by atoms with Crippen LogP contribution in [0, 0.1) is 0 Å². The molecule has 184 valence electrons. The third-order valence-electron chi connectivity index (χ3n) is 7.44. The standard InChI is InChI=1S/C23H47FO5Si2/c1-13(2)30(14(3)4,15(5)6)28-21-19(24)22(26)27-23(20(21)25)29-31(16(7)8,17(9)10)18(11)12/h13-21,23,25H,1-12H3/t19-,20+,21+,23?/m1/s1. The van der Waals surface area contributed by atoms with Gasteiger partial charge in [0.2, 0.25) is 29.1 Å². The number of rotatable bonds is 10. The molecular formula is C23H47FO5Si2. The van der Waals surface area contributed by atoms with Crippen molar-refractivity contribution in [1.82, 2.24) is 0 Å². The summed E-state index contributed by atoms with van der Waals surface area (Å²) < 4.78 is 33.5. The molecule has 0 amide bonds. The first-order valence-corrected chi connectivity index (χ1v) is 16.2. The van der Waals surface area contributed by atoms with Gasteiger partial charge < -0.3 is 18.7 Å². The molecule has 1 unspecified atom stereocenters. The average molecular weight is 479 g/mol. The maximum atomic E-state index is 15.1. The topological polar surface area (TPSA) is 65.0 Å². The number of carbonyl (C=O) groups excluding carboxylic acids is 1. The molecule has 1 N–H and O–H groups in total. The van der Waals surface area contributed by atoms with Crippen molar-refractivity contribution in [3.63, 3.8) is 0 Å². The number of cyclic esters (lactones) is 1. The van der Waals surface area contributed by atoms with Crippen molar-refractivity contribution < 1.29 is 27.9 Å². The van der Waals surface area contributed by atoms with Gasteiger partial charge in [0.25, 0.3) is 0 Å². The van der Waals surface area contributed by atoms with Crippen LogP contribution in [0.4, 0.5) is 4.39 Å². The second-order valence-corrected chi connectivity index (χ2v) is 21.8. The Labute approximate surface area is 191 Å². The van der Waals surface area contributed by atoms with Gasteiger partial charge in [-0.05, 0) is 33.2 Å². The van der Waals surface area contributed by atoms with Gasteiger partial charge in [0, 0.05) is 0 Å². The molecule has 0 aromatic carbocycles. The first kappa shape index (κ1) is 28.7. The van der Waals surface area contributed by atoms with Gasteiger partial charge in [-0.3, -0.25) is 0 Å². The lowest BCUT2D eigenvalue weighted by molar-refractivity contribution is -0.228. The molecule has 0 aromatic heterocycles. The smallest absolute Gasteiger partial charge is 0.345 e. The van der Waals surface area contributed by atoms with Gasteiger partial charge in [-0.1, -0.05) is 83.1 Å². The molecule has 1 fully saturated rings. The maximum Gasteiger partial charge on any atom is 0.345 e. The number of halogens is 1. The first-order chi connectivity index (χ1) is 14.1. The van der Waals surface area contributed by atoms with E-state index in [0.717, 1.165) is 0 Å². The summed E-state index contributed by atoms with van der Waals surface area (Å²) in [6.45, 7) is 25.2. The van der Waals surface area contributed by atoms with Crippen LogP contribution in [0.1, 0.15) is 83.1 Å². The normalized spacial score (nSPS) is 26.1. The molecule has 1 saturated heterocycles. The zero-order valence-electron chi connectivity index (χ0n) is 21.7. The third-order valence-corrected chi connectivity index (χ3v) is 19.6. The van der Waals surface area contributed by atoms with Gasteiger partial charge in [0.05, 0.1) is 0 Å². The molecule has 0 aliphatic carbocycles. The zero-order chi connectivity index (χ0) is 24.5. The van der Waals surface area contributed by atoms with Crippen molar-refractivity contribution >= 4 is 22.6 Å². The van der Waals surface area contributed by atoms with Gasteiger partial charge >= 0.3 is 5.97 Å². The predicted octanol–water partition coefficient (Wildman–Crippen LogP) is 6.32. The molecule has 0 radical (unpaired) electrons. The van der Waals surface area contributed by atoms with E-state index in [0.29, 0.717) is 0 Å². The molecule has 1 aliphatic heterocycles. The van der Waals surface area contributed by atoms with Crippen molar-refractivity contribution in [2.75, 3.05) is 0 Å². The highest BCUT2D eigenvalue weighted by atomic mass is 28.4. The molecule has 5 nitrogen and oxygen atoms in total. The summed E-state index contributed by atoms with van der Waals surface area (Å²) in [5.41, 5.74) is 1.28. The fourth-order valence-electron chi connectivity index (χ4n) is 6.19. The first-order valence-electron chi connectivity index (χ1n) is 11.9. The molecule has 4 atom stereocenters. The largest absolute Gasteiger partial charge is 0.432 e. The molecule has 1 aliphatic rings. The van der Waals surface area contributed by atoms with Crippen molar-refractivity contribution in [3.8, 4) is 0 Å². The highest BCUT2D eigenvalue weighted by Crippen LogP contribution is 2.47. The molecular weight excluding hydrogens is 431 g/mol. The fourth-order valence-corrected chi connectivity index (χ4v) is 17.1. The number of esters is 1. The lowest BCUT2D eigenvalue weighted by Gasteiger charge is -2.50. The van der Waals surface area contributed by atoms with E-state index in [1.807, 2.05) is 0 Å². The number of aliphatic hydroxyl groups is 1. The minimum absolute atomic E-state index is 0.194. The van der Waals surface area contributed by atoms with Crippen LogP contribution in [-0.4, -0.2) is 52.4 Å². The summed E-state index contributed by atoms with van der Waals surface area (Å²) in [6, 6.07) is 0. The van der Waals surface area contributed by atoms with Gasteiger partial charge in [-0.25, -0.2) is 9.18 Å². The molecule has 0 bridgehead atoms. The minimum atomic E-state index is -2.53. The van der Waals surface area contributed by atoms with Crippen LogP contribution in [0.5, 0.6) is 0 Å². The Morgan fingerprint density at radius 2 is 1.06 bits per heavy atom. The lowest BCUT2D eigenvalue weighted by Crippen LogP contribution is -2.64. The molecule has 0 spiro atoms. The molecule has 0 aromatic rings. The Morgan fingerprint density at radius 1 is 0.742 bits per heavy atom. The Hall–Kier alpha value is -0.286. The van der Waals surface area contributed by atoms with E-state index in [4.69, 9.17) is 13.6 Å². The van der Waals surface area contributed by atoms with Crippen molar-refractivity contribution in [3.05, 3.63) is 0 Å². The fraction of sp³-hybridized carbons (Fsp3) is 0.957. The van der Waals surface area contributed by atoms with E-state index in [9.17, 15) is 9.90 Å². The van der Waals surface area contributed by atoms with E-state index in [-0.39, 0.29) is 33.2 Å². The molecule has 31 heavy (non-hydrogen) atoms. The van der Waals surface area contributed by atoms with E-state index >= 15 is 4.39 Å². The van der Waals surface area contributed by atoms with Crippen LogP contribution in [0.15, 0.2) is 0 Å². The highest BCUT2D eigenvalue weighted by molar-refractivity contribution is 6.78. The molecule has 0 saturated carbocycles. The monoisotopic (exact) mass is 478 g/mol. The van der Waals surface area contributed by atoms with E-state index in [2.05, 4.69) is 83.1 Å². The van der Waals surface area contributed by atoms with Crippen LogP contribution < -0.4 is 0 Å². The summed E-state index contributed by atoms with van der Waals surface area (Å²) >= 11 is 0. The number of alkyl halides is 1. The van der Waals surface area contributed by atoms with E-state index in [1.54, 1.807) is 0 Å². The number of hydrogen-bond donors (Lipinski definition) is 1. The van der Waals surface area contributed by atoms with Crippen molar-refractivity contribution in [2.24, 2.45) is 0 Å². The second-order valence-electron chi connectivity index (χ2n) is 11.0. The van der Waals surface area contributed by atoms with E-state index in [1.165, 1.54) is 0 Å². The third kappa shape index (κ3) is 5.28. The molecule has 8 heteroatoms. The number of ether oxygens (including phenoxy) is 1. The van der Waals surface area contributed by atoms with Crippen LogP contribution in [0.25, 0.3) is 0 Å². The molecule has 1 heterocycles. The Morgan fingerprint density at radius 3 is 1.39 bits per heavy atom. The number of hydrogen-bond acceptors (Lipinski definition) is 5. The number of aliphatic hydroxyl groups excluding tert-OH is 1. The summed E-state index contributed by atoms with van der Waals surface area (Å²) in [5.74, 6) is -1.00. The van der Waals surface area contributed by atoms with Gasteiger partial charge in [0.15, 0.2) is 0 Å². The zero-order valence-corrected chi connectivity index (χ0v) is 23.7. The van der Waals surface area contributed by atoms with Crippen LogP contribution in [-0.2, 0) is 18.4 Å². The number of carbonyl (C=O) groups is 1. The SMILES string of the molecule is CC(C)[Si](OC1OC(=O)[C@H](F)[C@H](O[Si](C(C)C)(C(C)C)C(C)C)[C@@H]1O)(C(C)C)C(C)C.